The number of carboxylic acid groups (broad SMARTS) is 1. The Labute approximate surface area is 98.8 Å². The first-order valence-electron chi connectivity index (χ1n) is 4.88. The van der Waals surface area contributed by atoms with Gasteiger partial charge in [-0.2, -0.15) is 5.10 Å². The van der Waals surface area contributed by atoms with Crippen molar-refractivity contribution in [2.75, 3.05) is 12.3 Å². The van der Waals surface area contributed by atoms with Crippen LogP contribution < -0.4 is 5.43 Å². The minimum absolute atomic E-state index is 0.0738. The third kappa shape index (κ3) is 4.84. The van der Waals surface area contributed by atoms with Gasteiger partial charge in [0.15, 0.2) is 0 Å². The van der Waals surface area contributed by atoms with Crippen LogP contribution in [0, 0.1) is 0 Å². The van der Waals surface area contributed by atoms with Crippen molar-refractivity contribution in [1.82, 2.24) is 5.43 Å². The predicted molar refractivity (Wildman–Crippen MR) is 65.9 cm³/mol. The average Bonchev–Trinajstić information content (AvgIpc) is 2.29. The van der Waals surface area contributed by atoms with Crippen molar-refractivity contribution in [3.05, 3.63) is 30.3 Å². The zero-order valence-corrected chi connectivity index (χ0v) is 9.83. The van der Waals surface area contributed by atoms with Gasteiger partial charge in [-0.05, 0) is 19.1 Å². The van der Waals surface area contributed by atoms with Crippen LogP contribution in [0.3, 0.4) is 0 Å². The second kappa shape index (κ2) is 6.90. The summed E-state index contributed by atoms with van der Waals surface area (Å²) in [5, 5.41) is 12.2. The van der Waals surface area contributed by atoms with Crippen molar-refractivity contribution in [2.45, 2.75) is 11.8 Å². The summed E-state index contributed by atoms with van der Waals surface area (Å²) in [6.45, 7) is 2.10. The number of carboxylic acids is 1. The Morgan fingerprint density at radius 1 is 1.44 bits per heavy atom. The molecule has 0 aliphatic heterocycles. The summed E-state index contributed by atoms with van der Waals surface area (Å²) in [6, 6.07) is 10.0. The number of nitrogens with one attached hydrogen (secondary N) is 1. The Balaban J connectivity index is 2.18. The third-order valence-electron chi connectivity index (χ3n) is 1.78. The molecule has 0 spiro atoms. The summed E-state index contributed by atoms with van der Waals surface area (Å²) in [6.07, 6.45) is 0. The van der Waals surface area contributed by atoms with Gasteiger partial charge in [0.2, 0.25) is 0 Å². The van der Waals surface area contributed by atoms with Crippen molar-refractivity contribution < 1.29 is 9.90 Å². The Morgan fingerprint density at radius 2 is 2.12 bits per heavy atom. The van der Waals surface area contributed by atoms with Gasteiger partial charge in [-0.1, -0.05) is 18.2 Å². The van der Waals surface area contributed by atoms with Crippen molar-refractivity contribution in [2.24, 2.45) is 5.10 Å². The van der Waals surface area contributed by atoms with Crippen molar-refractivity contribution >= 4 is 23.4 Å². The number of thioether (sulfide) groups is 1. The number of nitrogens with zero attached hydrogens (tertiary/aromatic N) is 1. The van der Waals surface area contributed by atoms with Crippen LogP contribution in [-0.4, -0.2) is 29.1 Å². The number of carbonyl (C=O) groups is 1. The second-order valence-electron chi connectivity index (χ2n) is 3.07. The lowest BCUT2D eigenvalue weighted by molar-refractivity contribution is -0.129. The van der Waals surface area contributed by atoms with Crippen LogP contribution in [0.15, 0.2) is 40.3 Å². The van der Waals surface area contributed by atoms with E-state index in [2.05, 4.69) is 10.5 Å². The lowest BCUT2D eigenvalue weighted by Crippen LogP contribution is -2.17. The Hall–Kier alpha value is -1.49. The number of aliphatic carboxylic acids is 1. The normalized spacial score (nSPS) is 11.2. The van der Waals surface area contributed by atoms with Crippen LogP contribution in [0.1, 0.15) is 6.92 Å². The molecule has 0 aromatic heterocycles. The predicted octanol–water partition coefficient (Wildman–Crippen LogP) is 1.83. The van der Waals surface area contributed by atoms with Gasteiger partial charge in [0.05, 0.1) is 0 Å². The fourth-order valence-electron chi connectivity index (χ4n) is 0.954. The van der Waals surface area contributed by atoms with Crippen molar-refractivity contribution in [1.29, 1.82) is 0 Å². The molecule has 0 aliphatic carbocycles. The zero-order valence-electron chi connectivity index (χ0n) is 9.01. The molecule has 0 aliphatic rings. The minimum Gasteiger partial charge on any atom is -0.477 e. The van der Waals surface area contributed by atoms with Gasteiger partial charge >= 0.3 is 5.97 Å². The standard InChI is InChI=1S/C11H14N2O2S/c1-9(11(14)15)13-12-7-8-16-10-5-3-2-4-6-10/h2-6,12H,7-8H2,1H3,(H,14,15)/b13-9-. The first-order valence-corrected chi connectivity index (χ1v) is 5.87. The maximum absolute atomic E-state index is 10.4. The van der Waals surface area contributed by atoms with E-state index in [0.29, 0.717) is 6.54 Å². The second-order valence-corrected chi connectivity index (χ2v) is 4.24. The average molecular weight is 238 g/mol. The zero-order chi connectivity index (χ0) is 11.8. The topological polar surface area (TPSA) is 61.7 Å². The fraction of sp³-hybridized carbons (Fsp3) is 0.273. The van der Waals surface area contributed by atoms with E-state index in [-0.39, 0.29) is 5.71 Å². The summed E-state index contributed by atoms with van der Waals surface area (Å²) < 4.78 is 0. The molecule has 0 amide bonds. The summed E-state index contributed by atoms with van der Waals surface area (Å²) in [5.74, 6) is -0.149. The molecule has 0 unspecified atom stereocenters. The Bertz CT molecular complexity index is 366. The summed E-state index contributed by atoms with van der Waals surface area (Å²) in [7, 11) is 0. The third-order valence-corrected chi connectivity index (χ3v) is 2.80. The summed E-state index contributed by atoms with van der Waals surface area (Å²) in [4.78, 5) is 11.6. The first kappa shape index (κ1) is 12.6. The number of hydrazone groups is 1. The van der Waals surface area contributed by atoms with Crippen LogP contribution in [0.2, 0.25) is 0 Å². The van der Waals surface area contributed by atoms with Gasteiger partial charge in [-0.15, -0.1) is 11.8 Å². The molecule has 86 valence electrons. The molecule has 0 atom stereocenters. The highest BCUT2D eigenvalue weighted by atomic mass is 32.2. The molecule has 16 heavy (non-hydrogen) atoms. The molecule has 0 bridgehead atoms. The molecule has 0 saturated heterocycles. The van der Waals surface area contributed by atoms with Crippen LogP contribution in [-0.2, 0) is 4.79 Å². The highest BCUT2D eigenvalue weighted by Crippen LogP contribution is 2.15. The van der Waals surface area contributed by atoms with Crippen LogP contribution in [0.25, 0.3) is 0 Å². The van der Waals surface area contributed by atoms with E-state index in [1.807, 2.05) is 30.3 Å². The monoisotopic (exact) mass is 238 g/mol. The fourth-order valence-corrected chi connectivity index (χ4v) is 1.73. The molecule has 0 radical (unpaired) electrons. The molecule has 5 heteroatoms. The van der Waals surface area contributed by atoms with E-state index >= 15 is 0 Å². The molecule has 2 N–H and O–H groups in total. The smallest absolute Gasteiger partial charge is 0.351 e. The van der Waals surface area contributed by atoms with Gasteiger partial charge in [-0.3, -0.25) is 0 Å². The van der Waals surface area contributed by atoms with Gasteiger partial charge in [-0.25, -0.2) is 4.79 Å². The van der Waals surface area contributed by atoms with E-state index in [9.17, 15) is 4.79 Å². The number of rotatable bonds is 6. The molecule has 1 rings (SSSR count). The largest absolute Gasteiger partial charge is 0.477 e. The van der Waals surface area contributed by atoms with Crippen molar-refractivity contribution in [3.8, 4) is 0 Å². The van der Waals surface area contributed by atoms with Crippen LogP contribution >= 0.6 is 11.8 Å². The van der Waals surface area contributed by atoms with Crippen molar-refractivity contribution in [3.63, 3.8) is 0 Å². The maximum atomic E-state index is 10.4. The first-order chi connectivity index (χ1) is 7.70. The molecule has 0 saturated carbocycles. The number of hydrogen-bond acceptors (Lipinski definition) is 4. The molecule has 1 aromatic rings. The van der Waals surface area contributed by atoms with Gasteiger partial charge in [0.1, 0.15) is 5.71 Å². The lowest BCUT2D eigenvalue weighted by Gasteiger charge is -2.01. The molecule has 0 fully saturated rings. The molecular formula is C11H14N2O2S. The quantitative estimate of drug-likeness (QED) is 0.343. The van der Waals surface area contributed by atoms with E-state index < -0.39 is 5.97 Å². The Kier molecular flexibility index (Phi) is 5.42. The molecule has 4 nitrogen and oxygen atoms in total. The van der Waals surface area contributed by atoms with Gasteiger partial charge in [0, 0.05) is 17.2 Å². The van der Waals surface area contributed by atoms with E-state index in [1.54, 1.807) is 11.8 Å². The van der Waals surface area contributed by atoms with E-state index in [1.165, 1.54) is 11.8 Å². The van der Waals surface area contributed by atoms with Crippen LogP contribution in [0.5, 0.6) is 0 Å². The lowest BCUT2D eigenvalue weighted by atomic mass is 10.4. The van der Waals surface area contributed by atoms with E-state index in [0.717, 1.165) is 5.75 Å². The molecule has 0 heterocycles. The summed E-state index contributed by atoms with van der Waals surface area (Å²) >= 11 is 1.70. The SMILES string of the molecule is C/C(=N/NCCSc1ccccc1)C(=O)O. The maximum Gasteiger partial charge on any atom is 0.351 e. The molecular weight excluding hydrogens is 224 g/mol. The summed E-state index contributed by atoms with van der Waals surface area (Å²) in [5.41, 5.74) is 2.80. The Morgan fingerprint density at radius 3 is 2.75 bits per heavy atom. The van der Waals surface area contributed by atoms with E-state index in [4.69, 9.17) is 5.11 Å². The number of hydrogen-bond donors (Lipinski definition) is 2. The minimum atomic E-state index is -0.997. The highest BCUT2D eigenvalue weighted by Gasteiger charge is 1.99. The van der Waals surface area contributed by atoms with Crippen LogP contribution in [0.4, 0.5) is 0 Å². The molecule has 1 aromatic carbocycles. The van der Waals surface area contributed by atoms with Gasteiger partial charge in [0.25, 0.3) is 0 Å². The van der Waals surface area contributed by atoms with Gasteiger partial charge < -0.3 is 10.5 Å². The highest BCUT2D eigenvalue weighted by molar-refractivity contribution is 7.99. The number of benzene rings is 1.